The molecule has 0 unspecified atom stereocenters. The van der Waals surface area contributed by atoms with Gasteiger partial charge in [0.15, 0.2) is 0 Å². The summed E-state index contributed by atoms with van der Waals surface area (Å²) in [5, 5.41) is 18.1. The smallest absolute Gasteiger partial charge is 0.275 e. The van der Waals surface area contributed by atoms with E-state index < -0.39 is 14.9 Å². The molecule has 1 aromatic heterocycles. The molecule has 0 aliphatic carbocycles. The van der Waals surface area contributed by atoms with Crippen molar-refractivity contribution < 1.29 is 18.1 Å². The first-order chi connectivity index (χ1) is 14.5. The van der Waals surface area contributed by atoms with E-state index in [1.165, 1.54) is 30.7 Å². The van der Waals surface area contributed by atoms with Gasteiger partial charge < -0.3 is 5.32 Å². The Bertz CT molecular complexity index is 1290. The van der Waals surface area contributed by atoms with E-state index in [0.29, 0.717) is 17.2 Å². The molecule has 31 heavy (non-hydrogen) atoms. The van der Waals surface area contributed by atoms with Gasteiger partial charge in [-0.1, -0.05) is 11.6 Å². The molecule has 12 heteroatoms. The number of nitro groups is 1. The Labute approximate surface area is 183 Å². The van der Waals surface area contributed by atoms with Crippen molar-refractivity contribution in [1.82, 2.24) is 9.78 Å². The summed E-state index contributed by atoms with van der Waals surface area (Å²) in [6.45, 7) is 4.59. The number of hydrogen-bond donors (Lipinski definition) is 2. The van der Waals surface area contributed by atoms with Crippen LogP contribution in [-0.4, -0.2) is 29.0 Å². The number of rotatable bonds is 6. The third-order valence-corrected chi connectivity index (χ3v) is 6.05. The van der Waals surface area contributed by atoms with E-state index in [4.69, 9.17) is 11.6 Å². The Hall–Kier alpha value is -3.44. The molecule has 0 spiro atoms. The van der Waals surface area contributed by atoms with Crippen molar-refractivity contribution in [3.8, 4) is 5.69 Å². The van der Waals surface area contributed by atoms with Gasteiger partial charge in [0.05, 0.1) is 26.2 Å². The van der Waals surface area contributed by atoms with Crippen LogP contribution in [0.3, 0.4) is 0 Å². The standard InChI is InChI=1S/C19H18ClN5O5S/c1-11-8-19(21-13(3)26)24(22-11)15-6-4-14(5-7-15)23-31(29,30)16-9-17(20)12(2)18(10-16)25(27)28/h4-10,23H,1-3H3,(H,21,26). The zero-order valence-electron chi connectivity index (χ0n) is 16.7. The van der Waals surface area contributed by atoms with Crippen LogP contribution in [-0.2, 0) is 14.8 Å². The SMILES string of the molecule is CC(=O)Nc1cc(C)nn1-c1ccc(NS(=O)(=O)c2cc(Cl)c(C)c([N+](=O)[O-])c2)cc1. The summed E-state index contributed by atoms with van der Waals surface area (Å²) in [4.78, 5) is 21.5. The van der Waals surface area contributed by atoms with Crippen molar-refractivity contribution in [3.63, 3.8) is 0 Å². The molecule has 0 aliphatic rings. The Kier molecular flexibility index (Phi) is 6.00. The number of amides is 1. The molecule has 0 fully saturated rings. The van der Waals surface area contributed by atoms with Crippen molar-refractivity contribution in [1.29, 1.82) is 0 Å². The zero-order valence-corrected chi connectivity index (χ0v) is 18.3. The van der Waals surface area contributed by atoms with Crippen LogP contribution in [0.4, 0.5) is 17.2 Å². The highest BCUT2D eigenvalue weighted by atomic mass is 35.5. The fraction of sp³-hybridized carbons (Fsp3) is 0.158. The van der Waals surface area contributed by atoms with E-state index >= 15 is 0 Å². The first kappa shape index (κ1) is 22.2. The van der Waals surface area contributed by atoms with Gasteiger partial charge in [0.2, 0.25) is 5.91 Å². The number of aromatic nitrogens is 2. The van der Waals surface area contributed by atoms with E-state index in [1.807, 2.05) is 0 Å². The van der Waals surface area contributed by atoms with E-state index in [1.54, 1.807) is 25.1 Å². The summed E-state index contributed by atoms with van der Waals surface area (Å²) >= 11 is 5.98. The molecule has 10 nitrogen and oxygen atoms in total. The van der Waals surface area contributed by atoms with Crippen LogP contribution in [0.15, 0.2) is 47.4 Å². The predicted molar refractivity (Wildman–Crippen MR) is 116 cm³/mol. The maximum absolute atomic E-state index is 12.7. The van der Waals surface area contributed by atoms with E-state index in [0.717, 1.165) is 12.1 Å². The fourth-order valence-corrected chi connectivity index (χ4v) is 4.22. The average molecular weight is 464 g/mol. The summed E-state index contributed by atoms with van der Waals surface area (Å²) in [5.41, 5.74) is 1.30. The highest BCUT2D eigenvalue weighted by Crippen LogP contribution is 2.30. The van der Waals surface area contributed by atoms with Crippen LogP contribution in [0, 0.1) is 24.0 Å². The van der Waals surface area contributed by atoms with E-state index in [2.05, 4.69) is 15.1 Å². The molecule has 3 rings (SSSR count). The molecule has 162 valence electrons. The number of hydrogen-bond acceptors (Lipinski definition) is 6. The highest BCUT2D eigenvalue weighted by Gasteiger charge is 2.22. The number of nitrogens with zero attached hydrogens (tertiary/aromatic N) is 3. The monoisotopic (exact) mass is 463 g/mol. The van der Waals surface area contributed by atoms with Gasteiger partial charge in [0.1, 0.15) is 5.82 Å². The Morgan fingerprint density at radius 1 is 1.16 bits per heavy atom. The molecule has 0 radical (unpaired) electrons. The Morgan fingerprint density at radius 2 is 1.81 bits per heavy atom. The van der Waals surface area contributed by atoms with Crippen LogP contribution < -0.4 is 10.0 Å². The number of aryl methyl sites for hydroxylation is 1. The number of benzene rings is 2. The van der Waals surface area contributed by atoms with Gasteiger partial charge in [-0.2, -0.15) is 5.10 Å². The number of sulfonamides is 1. The van der Waals surface area contributed by atoms with Gasteiger partial charge in [-0.3, -0.25) is 19.6 Å². The lowest BCUT2D eigenvalue weighted by Gasteiger charge is -2.11. The topological polar surface area (TPSA) is 136 Å². The zero-order chi connectivity index (χ0) is 22.9. The number of nitrogens with one attached hydrogen (secondary N) is 2. The Balaban J connectivity index is 1.90. The third kappa shape index (κ3) is 4.84. The minimum atomic E-state index is -4.12. The van der Waals surface area contributed by atoms with Crippen molar-refractivity contribution in [2.45, 2.75) is 25.7 Å². The molecule has 0 aliphatic heterocycles. The van der Waals surface area contributed by atoms with Gasteiger partial charge in [-0.05, 0) is 44.2 Å². The minimum Gasteiger partial charge on any atom is -0.311 e. The minimum absolute atomic E-state index is 0.0236. The maximum Gasteiger partial charge on any atom is 0.275 e. The number of carbonyl (C=O) groups excluding carboxylic acids is 1. The van der Waals surface area contributed by atoms with Crippen molar-refractivity contribution in [2.75, 3.05) is 10.0 Å². The summed E-state index contributed by atoms with van der Waals surface area (Å²) in [6, 6.07) is 10.1. The summed E-state index contributed by atoms with van der Waals surface area (Å²) < 4.78 is 29.3. The van der Waals surface area contributed by atoms with Gasteiger partial charge >= 0.3 is 0 Å². The molecule has 0 saturated heterocycles. The van der Waals surface area contributed by atoms with Gasteiger partial charge in [0, 0.05) is 30.3 Å². The van der Waals surface area contributed by atoms with Crippen LogP contribution in [0.25, 0.3) is 5.69 Å². The molecule has 2 aromatic carbocycles. The largest absolute Gasteiger partial charge is 0.311 e. The quantitative estimate of drug-likeness (QED) is 0.421. The Morgan fingerprint density at radius 3 is 2.39 bits per heavy atom. The molecule has 0 atom stereocenters. The summed E-state index contributed by atoms with van der Waals surface area (Å²) in [6.07, 6.45) is 0. The van der Waals surface area contributed by atoms with Gasteiger partial charge in [-0.15, -0.1) is 0 Å². The van der Waals surface area contributed by atoms with Crippen LogP contribution in [0.5, 0.6) is 0 Å². The molecule has 3 aromatic rings. The second-order valence-electron chi connectivity index (χ2n) is 6.72. The van der Waals surface area contributed by atoms with Crippen LogP contribution >= 0.6 is 11.6 Å². The molecular weight excluding hydrogens is 446 g/mol. The van der Waals surface area contributed by atoms with Crippen LogP contribution in [0.2, 0.25) is 5.02 Å². The van der Waals surface area contributed by atoms with Crippen molar-refractivity contribution in [2.24, 2.45) is 0 Å². The fourth-order valence-electron chi connectivity index (χ4n) is 2.84. The second-order valence-corrected chi connectivity index (χ2v) is 8.81. The predicted octanol–water partition coefficient (Wildman–Crippen LogP) is 3.81. The lowest BCUT2D eigenvalue weighted by Crippen LogP contribution is -2.14. The normalized spacial score (nSPS) is 11.2. The second kappa shape index (κ2) is 8.36. The lowest BCUT2D eigenvalue weighted by molar-refractivity contribution is -0.385. The molecule has 0 saturated carbocycles. The molecular formula is C19H18ClN5O5S. The first-order valence-corrected chi connectivity index (χ1v) is 10.8. The van der Waals surface area contributed by atoms with Crippen molar-refractivity contribution in [3.05, 3.63) is 68.9 Å². The van der Waals surface area contributed by atoms with Gasteiger partial charge in [-0.25, -0.2) is 13.1 Å². The maximum atomic E-state index is 12.7. The average Bonchev–Trinajstić information content (AvgIpc) is 3.03. The number of halogens is 1. The van der Waals surface area contributed by atoms with Crippen molar-refractivity contribution >= 4 is 44.7 Å². The molecule has 2 N–H and O–H groups in total. The number of anilines is 2. The third-order valence-electron chi connectivity index (χ3n) is 4.30. The lowest BCUT2D eigenvalue weighted by atomic mass is 10.2. The highest BCUT2D eigenvalue weighted by molar-refractivity contribution is 7.92. The van der Waals surface area contributed by atoms with E-state index in [-0.39, 0.29) is 32.8 Å². The van der Waals surface area contributed by atoms with Crippen LogP contribution in [0.1, 0.15) is 18.2 Å². The summed E-state index contributed by atoms with van der Waals surface area (Å²) in [7, 11) is -4.12. The van der Waals surface area contributed by atoms with Gasteiger partial charge in [0.25, 0.3) is 15.7 Å². The summed E-state index contributed by atoms with van der Waals surface area (Å²) in [5.74, 6) is 0.219. The molecule has 0 bridgehead atoms. The molecule has 1 amide bonds. The number of carbonyl (C=O) groups is 1. The molecule has 1 heterocycles. The van der Waals surface area contributed by atoms with E-state index in [9.17, 15) is 23.3 Å². The number of nitro benzene ring substituents is 1. The first-order valence-electron chi connectivity index (χ1n) is 8.90.